The summed E-state index contributed by atoms with van der Waals surface area (Å²) in [7, 11) is 0. The quantitative estimate of drug-likeness (QED) is 0.271. The van der Waals surface area contributed by atoms with Crippen molar-refractivity contribution in [2.24, 2.45) is 11.8 Å². The van der Waals surface area contributed by atoms with E-state index >= 15 is 0 Å². The summed E-state index contributed by atoms with van der Waals surface area (Å²) in [5.41, 5.74) is 7.02. The summed E-state index contributed by atoms with van der Waals surface area (Å²) in [6, 6.07) is 34.5. The number of aliphatic hydroxyl groups is 1. The van der Waals surface area contributed by atoms with E-state index in [1.165, 1.54) is 33.4 Å². The molecule has 37 heavy (non-hydrogen) atoms. The van der Waals surface area contributed by atoms with E-state index in [2.05, 4.69) is 84.9 Å². The average Bonchev–Trinajstić information content (AvgIpc) is 3.23. The van der Waals surface area contributed by atoms with E-state index in [-0.39, 0.29) is 12.5 Å². The predicted molar refractivity (Wildman–Crippen MR) is 145 cm³/mol. The van der Waals surface area contributed by atoms with Crippen LogP contribution in [0.25, 0.3) is 11.1 Å². The Balaban J connectivity index is 1.44. The molecule has 4 aromatic carbocycles. The topological polar surface area (TPSA) is 47.9 Å². The third-order valence-electron chi connectivity index (χ3n) is 7.57. The molecular weight excluding hydrogens is 460 g/mol. The van der Waals surface area contributed by atoms with Crippen molar-refractivity contribution in [3.05, 3.63) is 119 Å². The SMILES string of the molecule is CC(CO)COc1ccc(C2(c3ccc(OCC4COC4)cc3)c3ccccc3-c3ccccc32)cc1. The zero-order valence-electron chi connectivity index (χ0n) is 21.1. The minimum Gasteiger partial charge on any atom is -0.493 e. The number of ether oxygens (including phenoxy) is 3. The zero-order valence-corrected chi connectivity index (χ0v) is 21.1. The Morgan fingerprint density at radius 3 is 1.76 bits per heavy atom. The fraction of sp³-hybridized carbons (Fsp3) is 0.273. The maximum absolute atomic E-state index is 9.35. The van der Waals surface area contributed by atoms with Gasteiger partial charge in [0.25, 0.3) is 0 Å². The van der Waals surface area contributed by atoms with Crippen molar-refractivity contribution in [3.63, 3.8) is 0 Å². The highest BCUT2D eigenvalue weighted by Crippen LogP contribution is 2.56. The summed E-state index contributed by atoms with van der Waals surface area (Å²) in [5, 5.41) is 9.35. The first kappa shape index (κ1) is 23.8. The van der Waals surface area contributed by atoms with E-state index in [1.807, 2.05) is 19.1 Å². The normalized spacial score (nSPS) is 16.4. The van der Waals surface area contributed by atoms with Crippen LogP contribution < -0.4 is 9.47 Å². The minimum atomic E-state index is -0.454. The van der Waals surface area contributed by atoms with Crippen LogP contribution in [-0.2, 0) is 10.2 Å². The van der Waals surface area contributed by atoms with Gasteiger partial charge in [0.2, 0.25) is 0 Å². The van der Waals surface area contributed by atoms with Crippen molar-refractivity contribution in [2.75, 3.05) is 33.0 Å². The van der Waals surface area contributed by atoms with Gasteiger partial charge in [-0.05, 0) is 57.6 Å². The minimum absolute atomic E-state index is 0.0946. The van der Waals surface area contributed by atoms with Crippen molar-refractivity contribution in [2.45, 2.75) is 12.3 Å². The lowest BCUT2D eigenvalue weighted by molar-refractivity contribution is -0.0508. The van der Waals surface area contributed by atoms with Gasteiger partial charge in [0.1, 0.15) is 11.5 Å². The number of hydrogen-bond donors (Lipinski definition) is 1. The molecule has 1 heterocycles. The van der Waals surface area contributed by atoms with Gasteiger partial charge >= 0.3 is 0 Å². The molecule has 1 aliphatic carbocycles. The molecule has 1 aliphatic heterocycles. The molecule has 1 atom stereocenters. The van der Waals surface area contributed by atoms with Crippen molar-refractivity contribution < 1.29 is 19.3 Å². The van der Waals surface area contributed by atoms with Gasteiger partial charge in [0.15, 0.2) is 0 Å². The Hall–Kier alpha value is -3.60. The first-order valence-corrected chi connectivity index (χ1v) is 13.0. The molecule has 2 aliphatic rings. The largest absolute Gasteiger partial charge is 0.493 e. The van der Waals surface area contributed by atoms with E-state index in [0.29, 0.717) is 19.1 Å². The number of fused-ring (bicyclic) bond motifs is 3. The van der Waals surface area contributed by atoms with Crippen LogP contribution in [0.4, 0.5) is 0 Å². The van der Waals surface area contributed by atoms with Crippen molar-refractivity contribution >= 4 is 0 Å². The lowest BCUT2D eigenvalue weighted by Gasteiger charge is -2.34. The molecule has 1 saturated heterocycles. The van der Waals surface area contributed by atoms with Gasteiger partial charge in [-0.2, -0.15) is 0 Å². The monoisotopic (exact) mass is 492 g/mol. The van der Waals surface area contributed by atoms with Crippen LogP contribution in [0.15, 0.2) is 97.1 Å². The molecule has 0 amide bonds. The maximum atomic E-state index is 9.35. The summed E-state index contributed by atoms with van der Waals surface area (Å²) in [5.74, 6) is 2.27. The first-order valence-electron chi connectivity index (χ1n) is 13.0. The summed E-state index contributed by atoms with van der Waals surface area (Å²) in [6.07, 6.45) is 0. The Morgan fingerprint density at radius 1 is 0.757 bits per heavy atom. The average molecular weight is 493 g/mol. The van der Waals surface area contributed by atoms with Crippen LogP contribution in [0.2, 0.25) is 0 Å². The summed E-state index contributed by atoms with van der Waals surface area (Å²) in [4.78, 5) is 0. The van der Waals surface area contributed by atoms with Gasteiger partial charge in [0.05, 0.1) is 31.8 Å². The smallest absolute Gasteiger partial charge is 0.119 e. The molecule has 4 nitrogen and oxygen atoms in total. The van der Waals surface area contributed by atoms with Crippen molar-refractivity contribution in [1.82, 2.24) is 0 Å². The van der Waals surface area contributed by atoms with E-state index in [9.17, 15) is 5.11 Å². The predicted octanol–water partition coefficient (Wildman–Crippen LogP) is 6.08. The third-order valence-corrected chi connectivity index (χ3v) is 7.57. The molecule has 6 rings (SSSR count). The number of rotatable bonds is 9. The van der Waals surface area contributed by atoms with Gasteiger partial charge in [-0.15, -0.1) is 0 Å². The molecular formula is C33H32O4. The fourth-order valence-corrected chi connectivity index (χ4v) is 5.51. The van der Waals surface area contributed by atoms with Gasteiger partial charge in [-0.3, -0.25) is 0 Å². The summed E-state index contributed by atoms with van der Waals surface area (Å²) < 4.78 is 17.3. The standard InChI is InChI=1S/C33H32O4/c1-23(18-34)19-36-27-14-10-25(11-15-27)33(26-12-16-28(17-13-26)37-22-24-20-35-21-24)31-8-4-2-6-29(31)30-7-3-5-9-32(30)33/h2-17,23-24,34H,18-22H2,1H3. The molecule has 0 spiro atoms. The second-order valence-corrected chi connectivity index (χ2v) is 10.2. The molecule has 1 unspecified atom stereocenters. The molecule has 188 valence electrons. The Bertz CT molecular complexity index is 1260. The van der Waals surface area contributed by atoms with Gasteiger partial charge < -0.3 is 19.3 Å². The summed E-state index contributed by atoms with van der Waals surface area (Å²) in [6.45, 7) is 4.83. The lowest BCUT2D eigenvalue weighted by atomic mass is 9.68. The van der Waals surface area contributed by atoms with E-state index in [4.69, 9.17) is 14.2 Å². The van der Waals surface area contributed by atoms with E-state index < -0.39 is 5.41 Å². The number of hydrogen-bond acceptors (Lipinski definition) is 4. The Labute approximate surface area is 218 Å². The van der Waals surface area contributed by atoms with Crippen LogP contribution in [0.1, 0.15) is 29.2 Å². The second kappa shape index (κ2) is 10.0. The highest BCUT2D eigenvalue weighted by atomic mass is 16.5. The molecule has 1 N–H and O–H groups in total. The lowest BCUT2D eigenvalue weighted by Crippen LogP contribution is -2.32. The van der Waals surface area contributed by atoms with Gasteiger partial charge in [-0.25, -0.2) is 0 Å². The molecule has 4 heteroatoms. The Morgan fingerprint density at radius 2 is 1.27 bits per heavy atom. The van der Waals surface area contributed by atoms with Crippen molar-refractivity contribution in [1.29, 1.82) is 0 Å². The second-order valence-electron chi connectivity index (χ2n) is 10.2. The van der Waals surface area contributed by atoms with Crippen LogP contribution in [0, 0.1) is 11.8 Å². The van der Waals surface area contributed by atoms with Crippen molar-refractivity contribution in [3.8, 4) is 22.6 Å². The molecule has 0 saturated carbocycles. The van der Waals surface area contributed by atoms with Crippen LogP contribution >= 0.6 is 0 Å². The highest BCUT2D eigenvalue weighted by Gasteiger charge is 2.45. The van der Waals surface area contributed by atoms with E-state index in [1.54, 1.807) is 0 Å². The van der Waals surface area contributed by atoms with Gasteiger partial charge in [0, 0.05) is 18.4 Å². The molecule has 0 radical (unpaired) electrons. The third kappa shape index (κ3) is 4.20. The fourth-order valence-electron chi connectivity index (χ4n) is 5.51. The van der Waals surface area contributed by atoms with E-state index in [0.717, 1.165) is 24.7 Å². The molecule has 1 fully saturated rings. The number of benzene rings is 4. The van der Waals surface area contributed by atoms with Gasteiger partial charge in [-0.1, -0.05) is 79.7 Å². The molecule has 0 aromatic heterocycles. The maximum Gasteiger partial charge on any atom is 0.119 e. The van der Waals surface area contributed by atoms with Crippen LogP contribution in [-0.4, -0.2) is 38.1 Å². The van der Waals surface area contributed by atoms with Crippen LogP contribution in [0.5, 0.6) is 11.5 Å². The first-order chi connectivity index (χ1) is 18.2. The Kier molecular flexibility index (Phi) is 6.45. The molecule has 0 bridgehead atoms. The highest BCUT2D eigenvalue weighted by molar-refractivity contribution is 5.86. The zero-order chi connectivity index (χ0) is 25.2. The van der Waals surface area contributed by atoms with Crippen LogP contribution in [0.3, 0.4) is 0 Å². The molecule has 4 aromatic rings. The number of aliphatic hydroxyl groups excluding tert-OH is 1. The summed E-state index contributed by atoms with van der Waals surface area (Å²) >= 11 is 0.